The zero-order chi connectivity index (χ0) is 49.5. The number of nitrogens with one attached hydrogen (secondary N) is 6. The summed E-state index contributed by atoms with van der Waals surface area (Å²) in [4.78, 5) is 69.9. The number of alkyl halides is 1. The highest BCUT2D eigenvalue weighted by Crippen LogP contribution is 2.42. The Morgan fingerprint density at radius 3 is 2.48 bits per heavy atom. The maximum Gasteiger partial charge on any atom is 0.258 e. The van der Waals surface area contributed by atoms with Gasteiger partial charge in [-0.25, -0.2) is 14.4 Å². The van der Waals surface area contributed by atoms with Gasteiger partial charge in [0, 0.05) is 50.0 Å². The molecule has 1 unspecified atom stereocenters. The molecule has 3 atom stereocenters. The molecule has 1 saturated heterocycles. The van der Waals surface area contributed by atoms with Crippen LogP contribution in [-0.4, -0.2) is 123 Å². The predicted octanol–water partition coefficient (Wildman–Crippen LogP) is 6.57. The number of β-amino-alcohol motifs (C(OH)–C–C–N with tert-alkyl or cyclic N) is 1. The predicted molar refractivity (Wildman–Crippen MR) is 270 cm³/mol. The van der Waals surface area contributed by atoms with Gasteiger partial charge < -0.3 is 46.6 Å². The SMILES string of the molecule is CNc1nc(Nc2ccc(C(=O)NCCNC[C@H]3CC[C@@H](CSC(C)(C)[C@H](NC(=O)C4(F)CC4)C(=O)N4C[C@H](O)CC4C(=O)NCc4ccc(-c5scnc5C)cc4C)CC3)cc2OC)ncc1Cl. The molecule has 7 N–H and O–H groups in total. The second-order valence-corrected chi connectivity index (χ2v) is 21.8. The van der Waals surface area contributed by atoms with Gasteiger partial charge in [0.15, 0.2) is 5.67 Å². The Balaban J connectivity index is 0.865. The van der Waals surface area contributed by atoms with Crippen molar-refractivity contribution in [3.8, 4) is 16.2 Å². The first-order valence-corrected chi connectivity index (χ1v) is 25.8. The van der Waals surface area contributed by atoms with Crippen LogP contribution in [0.4, 0.5) is 21.8 Å². The molecular formula is C49H64ClFN10O6S2. The number of thioether (sulfide) groups is 1. The molecule has 4 aromatic rings. The first-order chi connectivity index (χ1) is 33.0. The Morgan fingerprint density at radius 1 is 1.04 bits per heavy atom. The van der Waals surface area contributed by atoms with Crippen LogP contribution in [0.1, 0.15) is 86.0 Å². The van der Waals surface area contributed by atoms with Crippen LogP contribution < -0.4 is 36.6 Å². The molecule has 3 heterocycles. The largest absolute Gasteiger partial charge is 0.495 e. The topological polar surface area (TPSA) is 212 Å². The molecule has 0 spiro atoms. The Bertz CT molecular complexity index is 2480. The second-order valence-electron chi connectivity index (χ2n) is 18.8. The van der Waals surface area contributed by atoms with E-state index in [0.717, 1.165) is 65.2 Å². The number of aliphatic hydroxyl groups excluding tert-OH is 1. The summed E-state index contributed by atoms with van der Waals surface area (Å²) in [5, 5.41) is 29.4. The first kappa shape index (κ1) is 51.8. The number of hydrogen-bond acceptors (Lipinski definition) is 14. The van der Waals surface area contributed by atoms with E-state index in [1.165, 1.54) is 18.2 Å². The number of nitrogens with zero attached hydrogens (tertiary/aromatic N) is 4. The van der Waals surface area contributed by atoms with Crippen LogP contribution >= 0.6 is 34.7 Å². The van der Waals surface area contributed by atoms with Gasteiger partial charge in [-0.05, 0) is 125 Å². The standard InChI is InChI=1S/C49H64ClFN10O6S2/c1-28-19-32(40-29(2)57-27-68-40)11-12-34(28)23-55-44(64)38-21-35(62)25-61(38)45(65)41(59-46(66)49(51)15-16-49)48(3,4)69-26-31-9-7-30(8-10-31)22-53-17-18-54-43(63)33-13-14-37(39(20-33)67-6)58-47-56-24-36(50)42(52-5)60-47/h11-14,19-20,24,27,30-31,35,38,41,53,62H,7-10,15-18,21-23,25-26H2,1-6H3,(H,54,63)(H,55,64)(H,59,66)(H2,52,56,58,60)/t30-,31+,35-,38?,41-/m1/s1. The number of likely N-dealkylation sites (tertiary alicyclic amines) is 1. The lowest BCUT2D eigenvalue weighted by Crippen LogP contribution is -2.61. The summed E-state index contributed by atoms with van der Waals surface area (Å²) in [5.74, 6) is 0.899. The van der Waals surface area contributed by atoms with E-state index in [-0.39, 0.29) is 38.3 Å². The summed E-state index contributed by atoms with van der Waals surface area (Å²) >= 11 is 9.25. The minimum Gasteiger partial charge on any atom is -0.495 e. The minimum atomic E-state index is -2.00. The Hall–Kier alpha value is -5.08. The Kier molecular flexibility index (Phi) is 17.1. The molecule has 2 aromatic heterocycles. The number of methoxy groups -OCH3 is 1. The van der Waals surface area contributed by atoms with Crippen LogP contribution in [0.5, 0.6) is 5.75 Å². The normalized spacial score (nSPS) is 20.2. The van der Waals surface area contributed by atoms with Gasteiger partial charge in [0.1, 0.15) is 28.7 Å². The van der Waals surface area contributed by atoms with Crippen LogP contribution in [0.2, 0.25) is 5.02 Å². The van der Waals surface area contributed by atoms with Gasteiger partial charge >= 0.3 is 0 Å². The van der Waals surface area contributed by atoms with Gasteiger partial charge in [-0.2, -0.15) is 16.7 Å². The molecule has 1 aliphatic heterocycles. The Morgan fingerprint density at radius 2 is 1.80 bits per heavy atom. The summed E-state index contributed by atoms with van der Waals surface area (Å²) in [6.45, 7) is 9.75. The summed E-state index contributed by atoms with van der Waals surface area (Å²) < 4.78 is 19.8. The number of halogens is 2. The molecular weight excluding hydrogens is 943 g/mol. The number of carbonyl (C=O) groups excluding carboxylic acids is 4. The summed E-state index contributed by atoms with van der Waals surface area (Å²) in [6.07, 6.45) is 4.83. The summed E-state index contributed by atoms with van der Waals surface area (Å²) in [5.41, 5.74) is 4.78. The van der Waals surface area contributed by atoms with Crippen LogP contribution in [0, 0.1) is 25.7 Å². The third kappa shape index (κ3) is 13.0. The second kappa shape index (κ2) is 22.8. The number of aromatic nitrogens is 3. The van der Waals surface area contributed by atoms with Crippen molar-refractivity contribution >= 4 is 75.8 Å². The van der Waals surface area contributed by atoms with E-state index in [9.17, 15) is 24.3 Å². The third-order valence-corrected chi connectivity index (χ3v) is 16.2. The summed E-state index contributed by atoms with van der Waals surface area (Å²) in [6, 6.07) is 9.05. The number of ether oxygens (including phenoxy) is 1. The van der Waals surface area contributed by atoms with E-state index in [0.29, 0.717) is 58.7 Å². The number of rotatable bonds is 21. The van der Waals surface area contributed by atoms with Crippen molar-refractivity contribution < 1.29 is 33.4 Å². The third-order valence-electron chi connectivity index (χ3n) is 13.4. The molecule has 0 bridgehead atoms. The van der Waals surface area contributed by atoms with Crippen molar-refractivity contribution in [2.45, 2.75) is 108 Å². The van der Waals surface area contributed by atoms with Crippen molar-refractivity contribution in [2.75, 3.05) is 56.7 Å². The lowest BCUT2D eigenvalue weighted by atomic mass is 9.83. The molecule has 7 rings (SSSR count). The van der Waals surface area contributed by atoms with Crippen molar-refractivity contribution in [2.24, 2.45) is 11.8 Å². The van der Waals surface area contributed by atoms with Crippen molar-refractivity contribution in [3.05, 3.63) is 75.5 Å². The molecule has 372 valence electrons. The number of anilines is 3. The number of carbonyl (C=O) groups is 4. The average Bonchev–Trinajstić information content (AvgIpc) is 3.74. The van der Waals surface area contributed by atoms with E-state index in [4.69, 9.17) is 16.3 Å². The first-order valence-electron chi connectivity index (χ1n) is 23.5. The van der Waals surface area contributed by atoms with E-state index < -0.39 is 46.3 Å². The number of amides is 4. The highest BCUT2D eigenvalue weighted by atomic mass is 35.5. The Labute approximate surface area is 416 Å². The van der Waals surface area contributed by atoms with Crippen molar-refractivity contribution in [1.82, 2.24) is 41.1 Å². The lowest BCUT2D eigenvalue weighted by molar-refractivity contribution is -0.143. The van der Waals surface area contributed by atoms with Crippen molar-refractivity contribution in [1.29, 1.82) is 0 Å². The van der Waals surface area contributed by atoms with Gasteiger partial charge in [0.05, 0.1) is 41.2 Å². The van der Waals surface area contributed by atoms with Crippen molar-refractivity contribution in [3.63, 3.8) is 0 Å². The van der Waals surface area contributed by atoms with E-state index in [2.05, 4.69) is 52.9 Å². The fourth-order valence-electron chi connectivity index (χ4n) is 8.87. The molecule has 2 saturated carbocycles. The van der Waals surface area contributed by atoms with E-state index >= 15 is 4.39 Å². The van der Waals surface area contributed by atoms with Gasteiger partial charge in [0.25, 0.3) is 11.8 Å². The number of benzene rings is 2. The zero-order valence-corrected chi connectivity index (χ0v) is 42.4. The van der Waals surface area contributed by atoms with E-state index in [1.807, 2.05) is 45.3 Å². The molecule has 3 fully saturated rings. The van der Waals surface area contributed by atoms with Gasteiger partial charge in [-0.1, -0.05) is 29.8 Å². The minimum absolute atomic E-state index is 0.0541. The molecule has 69 heavy (non-hydrogen) atoms. The molecule has 2 aliphatic carbocycles. The quantitative estimate of drug-likeness (QED) is 0.0441. The van der Waals surface area contributed by atoms with Crippen LogP contribution in [0.3, 0.4) is 0 Å². The van der Waals surface area contributed by atoms with Crippen LogP contribution in [0.15, 0.2) is 48.1 Å². The molecule has 16 nitrogen and oxygen atoms in total. The highest BCUT2D eigenvalue weighted by molar-refractivity contribution is 8.00. The lowest BCUT2D eigenvalue weighted by Gasteiger charge is -2.38. The maximum absolute atomic E-state index is 15.2. The number of aryl methyl sites for hydroxylation is 2. The van der Waals surface area contributed by atoms with Gasteiger partial charge in [-0.3, -0.25) is 19.2 Å². The van der Waals surface area contributed by atoms with Gasteiger partial charge in [-0.15, -0.1) is 11.3 Å². The summed E-state index contributed by atoms with van der Waals surface area (Å²) in [7, 11) is 3.24. The zero-order valence-electron chi connectivity index (χ0n) is 40.0. The number of thiazole rings is 1. The van der Waals surface area contributed by atoms with Crippen LogP contribution in [0.25, 0.3) is 10.4 Å². The fourth-order valence-corrected chi connectivity index (χ4v) is 11.2. The molecule has 4 amide bonds. The smallest absolute Gasteiger partial charge is 0.258 e. The monoisotopic (exact) mass is 1010 g/mol. The molecule has 20 heteroatoms. The van der Waals surface area contributed by atoms with Gasteiger partial charge in [0.2, 0.25) is 17.8 Å². The molecule has 2 aromatic carbocycles. The van der Waals surface area contributed by atoms with Crippen LogP contribution in [-0.2, 0) is 20.9 Å². The number of hydrogen-bond donors (Lipinski definition) is 7. The fraction of sp³-hybridized carbons (Fsp3) is 0.531. The molecule has 3 aliphatic rings. The highest BCUT2D eigenvalue weighted by Gasteiger charge is 2.54. The average molecular weight is 1010 g/mol. The maximum atomic E-state index is 15.2. The molecule has 0 radical (unpaired) electrons. The number of aliphatic hydroxyl groups is 1. The van der Waals surface area contributed by atoms with E-state index in [1.54, 1.807) is 48.3 Å².